The van der Waals surface area contributed by atoms with Crippen molar-refractivity contribution < 1.29 is 9.59 Å². The van der Waals surface area contributed by atoms with Crippen molar-refractivity contribution in [3.63, 3.8) is 0 Å². The van der Waals surface area contributed by atoms with Crippen molar-refractivity contribution >= 4 is 29.9 Å². The highest BCUT2D eigenvalue weighted by Gasteiger charge is 2.34. The van der Waals surface area contributed by atoms with Gasteiger partial charge in [0.25, 0.3) is 0 Å². The lowest BCUT2D eigenvalue weighted by Crippen LogP contribution is -2.56. The van der Waals surface area contributed by atoms with E-state index in [9.17, 15) is 9.59 Å². The molecule has 132 valence electrons. The zero-order chi connectivity index (χ0) is 16.4. The molecule has 2 unspecified atom stereocenters. The second-order valence-electron chi connectivity index (χ2n) is 6.74. The third-order valence-electron chi connectivity index (χ3n) is 5.03. The monoisotopic (exact) mass is 351 g/mol. The number of rotatable bonds is 4. The molecule has 5 nitrogen and oxygen atoms in total. The van der Waals surface area contributed by atoms with Crippen molar-refractivity contribution in [3.05, 3.63) is 29.8 Å². The Labute approximate surface area is 149 Å². The Morgan fingerprint density at radius 1 is 1.29 bits per heavy atom. The molecule has 0 spiro atoms. The van der Waals surface area contributed by atoms with Gasteiger partial charge in [-0.1, -0.05) is 24.6 Å². The van der Waals surface area contributed by atoms with Gasteiger partial charge in [-0.05, 0) is 50.9 Å². The van der Waals surface area contributed by atoms with Crippen LogP contribution >= 0.6 is 12.4 Å². The first-order chi connectivity index (χ1) is 11.1. The first-order valence-corrected chi connectivity index (χ1v) is 8.45. The van der Waals surface area contributed by atoms with Crippen LogP contribution < -0.4 is 15.5 Å². The van der Waals surface area contributed by atoms with Gasteiger partial charge in [0.05, 0.1) is 0 Å². The lowest BCUT2D eigenvalue weighted by molar-refractivity contribution is -0.132. The second kappa shape index (κ2) is 7.99. The number of hydrogen-bond acceptors (Lipinski definition) is 3. The van der Waals surface area contributed by atoms with Crippen molar-refractivity contribution in [2.75, 3.05) is 24.5 Å². The number of amides is 2. The molecule has 2 atom stereocenters. The van der Waals surface area contributed by atoms with Crippen molar-refractivity contribution in [1.82, 2.24) is 10.6 Å². The summed E-state index contributed by atoms with van der Waals surface area (Å²) in [4.78, 5) is 26.9. The van der Waals surface area contributed by atoms with Crippen LogP contribution in [0.25, 0.3) is 0 Å². The van der Waals surface area contributed by atoms with E-state index in [1.165, 1.54) is 5.56 Å². The Hall–Kier alpha value is -1.59. The van der Waals surface area contributed by atoms with Crippen LogP contribution in [0.5, 0.6) is 0 Å². The molecule has 6 heteroatoms. The Morgan fingerprint density at radius 3 is 2.54 bits per heavy atom. The number of aryl methyl sites for hydroxylation is 1. The van der Waals surface area contributed by atoms with Crippen LogP contribution in [0.2, 0.25) is 0 Å². The van der Waals surface area contributed by atoms with Gasteiger partial charge in [0, 0.05) is 18.2 Å². The molecular formula is C18H26ClN3O2. The molecule has 0 aliphatic carbocycles. The van der Waals surface area contributed by atoms with Gasteiger partial charge in [-0.25, -0.2) is 0 Å². The minimum atomic E-state index is -0.395. The number of nitrogens with zero attached hydrogens (tertiary/aromatic N) is 1. The smallest absolute Gasteiger partial charge is 0.249 e. The summed E-state index contributed by atoms with van der Waals surface area (Å²) in [5, 5.41) is 6.16. The summed E-state index contributed by atoms with van der Waals surface area (Å²) >= 11 is 0. The highest BCUT2D eigenvalue weighted by Crippen LogP contribution is 2.22. The van der Waals surface area contributed by atoms with E-state index in [2.05, 4.69) is 10.6 Å². The minimum Gasteiger partial charge on any atom is -0.344 e. The van der Waals surface area contributed by atoms with Gasteiger partial charge in [-0.2, -0.15) is 0 Å². The maximum absolute atomic E-state index is 12.7. The quantitative estimate of drug-likeness (QED) is 0.870. The number of nitrogens with one attached hydrogen (secondary N) is 2. The predicted octanol–water partition coefficient (Wildman–Crippen LogP) is 1.88. The molecule has 24 heavy (non-hydrogen) atoms. The molecule has 0 radical (unpaired) electrons. The van der Waals surface area contributed by atoms with Crippen molar-refractivity contribution in [1.29, 1.82) is 0 Å². The van der Waals surface area contributed by atoms with Crippen LogP contribution in [0.3, 0.4) is 0 Å². The first kappa shape index (κ1) is 18.7. The molecule has 0 aromatic heterocycles. The Bertz CT molecular complexity index is 586. The fourth-order valence-electron chi connectivity index (χ4n) is 3.17. The van der Waals surface area contributed by atoms with Gasteiger partial charge in [-0.3, -0.25) is 9.59 Å². The van der Waals surface area contributed by atoms with Crippen molar-refractivity contribution in [3.8, 4) is 0 Å². The molecule has 1 aromatic rings. The highest BCUT2D eigenvalue weighted by atomic mass is 35.5. The Balaban J connectivity index is 0.00000208. The van der Waals surface area contributed by atoms with Crippen LogP contribution in [-0.2, 0) is 9.59 Å². The number of anilines is 1. The van der Waals surface area contributed by atoms with Gasteiger partial charge >= 0.3 is 0 Å². The van der Waals surface area contributed by atoms with Gasteiger partial charge in [-0.15, -0.1) is 12.4 Å². The number of hydrogen-bond donors (Lipinski definition) is 2. The zero-order valence-corrected chi connectivity index (χ0v) is 15.1. The van der Waals surface area contributed by atoms with E-state index in [1.807, 2.05) is 38.1 Å². The molecule has 2 heterocycles. The Morgan fingerprint density at radius 2 is 1.96 bits per heavy atom. The van der Waals surface area contributed by atoms with E-state index in [0.29, 0.717) is 5.92 Å². The number of halogens is 1. The SMILES string of the molecule is Cc1ccc(N2CCCC(NC(=O)C(C)C3CNC3)C2=O)cc1.Cl. The zero-order valence-electron chi connectivity index (χ0n) is 14.2. The summed E-state index contributed by atoms with van der Waals surface area (Å²) < 4.78 is 0. The van der Waals surface area contributed by atoms with E-state index in [0.717, 1.165) is 38.2 Å². The maximum atomic E-state index is 12.7. The van der Waals surface area contributed by atoms with Crippen LogP contribution in [0.15, 0.2) is 24.3 Å². The molecule has 0 bridgehead atoms. The van der Waals surface area contributed by atoms with Crippen LogP contribution in [0.4, 0.5) is 5.69 Å². The minimum absolute atomic E-state index is 0. The van der Waals surface area contributed by atoms with E-state index < -0.39 is 6.04 Å². The molecule has 0 saturated carbocycles. The largest absolute Gasteiger partial charge is 0.344 e. The molecular weight excluding hydrogens is 326 g/mol. The van der Waals surface area contributed by atoms with Crippen LogP contribution in [0.1, 0.15) is 25.3 Å². The average molecular weight is 352 g/mol. The molecule has 2 saturated heterocycles. The summed E-state index contributed by atoms with van der Waals surface area (Å²) in [6.45, 7) is 6.48. The summed E-state index contributed by atoms with van der Waals surface area (Å²) in [5.74, 6) is 0.355. The molecule has 3 rings (SSSR count). The van der Waals surface area contributed by atoms with Crippen molar-refractivity contribution in [2.45, 2.75) is 32.7 Å². The third-order valence-corrected chi connectivity index (χ3v) is 5.03. The Kier molecular flexibility index (Phi) is 6.24. The summed E-state index contributed by atoms with van der Waals surface area (Å²) in [7, 11) is 0. The molecule has 1 aromatic carbocycles. The lowest BCUT2D eigenvalue weighted by atomic mass is 9.88. The summed E-state index contributed by atoms with van der Waals surface area (Å²) in [5.41, 5.74) is 2.08. The lowest BCUT2D eigenvalue weighted by Gasteiger charge is -2.35. The van der Waals surface area contributed by atoms with E-state index in [1.54, 1.807) is 4.90 Å². The van der Waals surface area contributed by atoms with Gasteiger partial charge in [0.15, 0.2) is 0 Å². The predicted molar refractivity (Wildman–Crippen MR) is 97.5 cm³/mol. The fourth-order valence-corrected chi connectivity index (χ4v) is 3.17. The first-order valence-electron chi connectivity index (χ1n) is 8.45. The van der Waals surface area contributed by atoms with E-state index >= 15 is 0 Å². The fraction of sp³-hybridized carbons (Fsp3) is 0.556. The topological polar surface area (TPSA) is 61.4 Å². The molecule has 2 fully saturated rings. The number of carbonyl (C=O) groups is 2. The molecule has 2 amide bonds. The second-order valence-corrected chi connectivity index (χ2v) is 6.74. The highest BCUT2D eigenvalue weighted by molar-refractivity contribution is 6.00. The molecule has 2 N–H and O–H groups in total. The number of carbonyl (C=O) groups excluding carboxylic acids is 2. The summed E-state index contributed by atoms with van der Waals surface area (Å²) in [6.07, 6.45) is 1.63. The average Bonchev–Trinajstić information content (AvgIpc) is 2.48. The summed E-state index contributed by atoms with van der Waals surface area (Å²) in [6, 6.07) is 7.57. The maximum Gasteiger partial charge on any atom is 0.249 e. The number of benzene rings is 1. The third kappa shape index (κ3) is 3.90. The van der Waals surface area contributed by atoms with Gasteiger partial charge in [0.2, 0.25) is 11.8 Å². The van der Waals surface area contributed by atoms with Gasteiger partial charge < -0.3 is 15.5 Å². The standard InChI is InChI=1S/C18H25N3O2.ClH/c1-12-5-7-15(8-6-12)21-9-3-4-16(18(21)23)20-17(22)13(2)14-10-19-11-14;/h5-8,13-14,16,19H,3-4,9-11H2,1-2H3,(H,20,22);1H. The molecule has 2 aliphatic heterocycles. The number of piperidine rings is 1. The van der Waals surface area contributed by atoms with Gasteiger partial charge in [0.1, 0.15) is 6.04 Å². The molecule has 2 aliphatic rings. The van der Waals surface area contributed by atoms with Crippen molar-refractivity contribution in [2.24, 2.45) is 11.8 Å². The van der Waals surface area contributed by atoms with E-state index in [-0.39, 0.29) is 30.1 Å². The van der Waals surface area contributed by atoms with E-state index in [4.69, 9.17) is 0 Å². The van der Waals surface area contributed by atoms with Crippen LogP contribution in [-0.4, -0.2) is 37.5 Å². The normalized spacial score (nSPS) is 22.3. The van der Waals surface area contributed by atoms with Crippen LogP contribution in [0, 0.1) is 18.8 Å².